The molecule has 36 heavy (non-hydrogen) atoms. The molecule has 1 saturated carbocycles. The van der Waals surface area contributed by atoms with Crippen molar-refractivity contribution in [2.45, 2.75) is 76.3 Å². The SMILES string of the molecule is CC(C)(C)C(NC(=O)C(F)(F)F)C(=O)NC(CS(C)(C)C)C(=O)NC(C#N)CC1CC2(CC2)NC1=O. The Hall–Kier alpha value is -2.49. The second kappa shape index (κ2) is 10.5. The Labute approximate surface area is 211 Å². The lowest BCUT2D eigenvalue weighted by atomic mass is 9.86. The van der Waals surface area contributed by atoms with Gasteiger partial charge < -0.3 is 21.3 Å². The van der Waals surface area contributed by atoms with Gasteiger partial charge in [0.1, 0.15) is 18.1 Å². The molecule has 2 aliphatic rings. The van der Waals surface area contributed by atoms with Crippen molar-refractivity contribution in [3.05, 3.63) is 0 Å². The van der Waals surface area contributed by atoms with Gasteiger partial charge >= 0.3 is 12.1 Å². The molecule has 1 heterocycles. The molecular formula is C23H36F3N5O4S. The van der Waals surface area contributed by atoms with Crippen LogP contribution in [0.1, 0.15) is 46.5 Å². The van der Waals surface area contributed by atoms with Crippen molar-refractivity contribution < 1.29 is 32.3 Å². The molecule has 0 aromatic carbocycles. The third-order valence-corrected chi connectivity index (χ3v) is 7.54. The Morgan fingerprint density at radius 3 is 2.11 bits per heavy atom. The molecule has 4 unspecified atom stereocenters. The number of amides is 4. The summed E-state index contributed by atoms with van der Waals surface area (Å²) in [4.78, 5) is 50.0. The van der Waals surface area contributed by atoms with Crippen LogP contribution in [0, 0.1) is 22.7 Å². The minimum Gasteiger partial charge on any atom is -0.350 e. The summed E-state index contributed by atoms with van der Waals surface area (Å²) in [5, 5.41) is 19.3. The van der Waals surface area contributed by atoms with Crippen LogP contribution in [0.3, 0.4) is 0 Å². The summed E-state index contributed by atoms with van der Waals surface area (Å²) in [5.41, 5.74) is -1.27. The van der Waals surface area contributed by atoms with Crippen LogP contribution < -0.4 is 21.3 Å². The van der Waals surface area contributed by atoms with Crippen LogP contribution >= 0.6 is 10.0 Å². The molecule has 204 valence electrons. The van der Waals surface area contributed by atoms with Crippen molar-refractivity contribution in [1.82, 2.24) is 21.3 Å². The van der Waals surface area contributed by atoms with Gasteiger partial charge in [0.15, 0.2) is 0 Å². The van der Waals surface area contributed by atoms with Crippen LogP contribution in [0.4, 0.5) is 13.2 Å². The predicted molar refractivity (Wildman–Crippen MR) is 130 cm³/mol. The van der Waals surface area contributed by atoms with Crippen LogP contribution in [0.15, 0.2) is 0 Å². The lowest BCUT2D eigenvalue weighted by molar-refractivity contribution is -0.175. The fourth-order valence-corrected chi connectivity index (χ4v) is 5.41. The van der Waals surface area contributed by atoms with Gasteiger partial charge in [0.05, 0.1) is 6.07 Å². The van der Waals surface area contributed by atoms with Crippen LogP contribution in [0.2, 0.25) is 0 Å². The van der Waals surface area contributed by atoms with E-state index < -0.39 is 63.4 Å². The third kappa shape index (κ3) is 8.28. The second-order valence-electron chi connectivity index (χ2n) is 11.7. The summed E-state index contributed by atoms with van der Waals surface area (Å²) in [7, 11) is -1.39. The Morgan fingerprint density at radius 2 is 1.69 bits per heavy atom. The Bertz CT molecular complexity index is 932. The van der Waals surface area contributed by atoms with Crippen molar-refractivity contribution in [3.8, 4) is 6.07 Å². The molecule has 2 rings (SSSR count). The highest BCUT2D eigenvalue weighted by Crippen LogP contribution is 2.46. The number of hydrogen-bond acceptors (Lipinski definition) is 5. The molecule has 0 aromatic heterocycles. The van der Waals surface area contributed by atoms with E-state index in [9.17, 15) is 37.6 Å². The van der Waals surface area contributed by atoms with E-state index in [0.717, 1.165) is 12.8 Å². The van der Waals surface area contributed by atoms with Crippen molar-refractivity contribution in [1.29, 1.82) is 5.26 Å². The number of nitrogens with zero attached hydrogens (tertiary/aromatic N) is 1. The molecule has 2 fully saturated rings. The summed E-state index contributed by atoms with van der Waals surface area (Å²) >= 11 is 0. The number of nitriles is 1. The molecule has 1 aliphatic carbocycles. The summed E-state index contributed by atoms with van der Waals surface area (Å²) in [6.45, 7) is 4.47. The average Bonchev–Trinajstić information content (AvgIpc) is 3.37. The molecule has 4 atom stereocenters. The Balaban J connectivity index is 2.14. The predicted octanol–water partition coefficient (Wildman–Crippen LogP) is 1.33. The van der Waals surface area contributed by atoms with Crippen molar-refractivity contribution in [3.63, 3.8) is 0 Å². The molecule has 4 amide bonds. The number of carbonyl (C=O) groups excluding carboxylic acids is 4. The van der Waals surface area contributed by atoms with Gasteiger partial charge in [-0.25, -0.2) is 10.0 Å². The van der Waals surface area contributed by atoms with Gasteiger partial charge in [-0.15, -0.1) is 0 Å². The number of nitrogens with one attached hydrogen (secondary N) is 4. The Kier molecular flexibility index (Phi) is 8.65. The smallest absolute Gasteiger partial charge is 0.350 e. The fraction of sp³-hybridized carbons (Fsp3) is 0.783. The van der Waals surface area contributed by atoms with E-state index in [1.165, 1.54) is 20.8 Å². The third-order valence-electron chi connectivity index (χ3n) is 6.20. The number of rotatable bonds is 9. The van der Waals surface area contributed by atoms with Gasteiger partial charge in [0.2, 0.25) is 17.7 Å². The van der Waals surface area contributed by atoms with Crippen LogP contribution in [-0.4, -0.2) is 78.0 Å². The highest BCUT2D eigenvalue weighted by atomic mass is 32.3. The van der Waals surface area contributed by atoms with Gasteiger partial charge in [0.25, 0.3) is 0 Å². The molecule has 0 bridgehead atoms. The first-order valence-electron chi connectivity index (χ1n) is 11.6. The molecule has 0 aromatic rings. The quantitative estimate of drug-likeness (QED) is 0.353. The van der Waals surface area contributed by atoms with Crippen molar-refractivity contribution in [2.75, 3.05) is 24.5 Å². The van der Waals surface area contributed by atoms with E-state index in [0.29, 0.717) is 6.42 Å². The van der Waals surface area contributed by atoms with Crippen molar-refractivity contribution >= 4 is 33.7 Å². The first-order chi connectivity index (χ1) is 16.3. The van der Waals surface area contributed by atoms with Crippen LogP contribution in [-0.2, 0) is 19.2 Å². The number of carbonyl (C=O) groups is 4. The zero-order chi connectivity index (χ0) is 27.7. The number of alkyl halides is 3. The van der Waals surface area contributed by atoms with Gasteiger partial charge in [-0.05, 0) is 49.9 Å². The maximum absolute atomic E-state index is 13.1. The highest BCUT2D eigenvalue weighted by Gasteiger charge is 2.52. The van der Waals surface area contributed by atoms with E-state index >= 15 is 0 Å². The van der Waals surface area contributed by atoms with Gasteiger partial charge in [-0.2, -0.15) is 18.4 Å². The summed E-state index contributed by atoms with van der Waals surface area (Å²) in [6, 6.07) is -1.72. The van der Waals surface area contributed by atoms with E-state index in [4.69, 9.17) is 0 Å². The summed E-state index contributed by atoms with van der Waals surface area (Å²) in [5.74, 6) is -4.25. The number of halogens is 3. The zero-order valence-electron chi connectivity index (χ0n) is 21.5. The lowest BCUT2D eigenvalue weighted by Crippen LogP contribution is -2.60. The van der Waals surface area contributed by atoms with Gasteiger partial charge in [-0.3, -0.25) is 19.2 Å². The number of hydrogen-bond donors (Lipinski definition) is 4. The standard InChI is InChI=1S/C23H36F3N5O4S/c1-21(2,3)16(30-20(35)23(24,25)26)19(34)29-15(12-36(4,5)6)18(33)28-14(11-27)9-13-10-22(7-8-22)31-17(13)32/h13-16H,7-10,12H2,1-6H3,(H,28,33)(H,29,34)(H,30,35)(H,31,32). The first-order valence-corrected chi connectivity index (χ1v) is 14.7. The highest BCUT2D eigenvalue weighted by molar-refractivity contribution is 8.32. The van der Waals surface area contributed by atoms with Gasteiger partial charge in [-0.1, -0.05) is 20.8 Å². The Morgan fingerprint density at radius 1 is 1.11 bits per heavy atom. The second-order valence-corrected chi connectivity index (χ2v) is 16.2. The van der Waals surface area contributed by atoms with Crippen LogP contribution in [0.5, 0.6) is 0 Å². The molecule has 1 aliphatic heterocycles. The average molecular weight is 536 g/mol. The van der Waals surface area contributed by atoms with Crippen molar-refractivity contribution in [2.24, 2.45) is 11.3 Å². The molecule has 9 nitrogen and oxygen atoms in total. The van der Waals surface area contributed by atoms with E-state index in [1.807, 2.05) is 24.8 Å². The minimum atomic E-state index is -5.18. The molecule has 0 radical (unpaired) electrons. The molecule has 13 heteroatoms. The van der Waals surface area contributed by atoms with E-state index in [-0.39, 0.29) is 23.6 Å². The molecule has 1 spiro atoms. The van der Waals surface area contributed by atoms with E-state index in [1.54, 1.807) is 5.32 Å². The minimum absolute atomic E-state index is 0.116. The first kappa shape index (κ1) is 29.7. The molecule has 4 N–H and O–H groups in total. The topological polar surface area (TPSA) is 140 Å². The lowest BCUT2D eigenvalue weighted by Gasteiger charge is -2.35. The maximum atomic E-state index is 13.1. The normalized spacial score (nSPS) is 22.0. The maximum Gasteiger partial charge on any atom is 0.471 e. The zero-order valence-corrected chi connectivity index (χ0v) is 22.3. The fourth-order valence-electron chi connectivity index (χ4n) is 4.18. The molecular weight excluding hydrogens is 499 g/mol. The van der Waals surface area contributed by atoms with Crippen LogP contribution in [0.25, 0.3) is 0 Å². The molecule has 1 saturated heterocycles. The monoisotopic (exact) mass is 535 g/mol. The summed E-state index contributed by atoms with van der Waals surface area (Å²) < 4.78 is 38.5. The van der Waals surface area contributed by atoms with E-state index in [2.05, 4.69) is 16.0 Å². The van der Waals surface area contributed by atoms with Gasteiger partial charge in [0, 0.05) is 17.2 Å². The largest absolute Gasteiger partial charge is 0.471 e. The summed E-state index contributed by atoms with van der Waals surface area (Å²) in [6.07, 6.45) is 3.00.